The average Bonchev–Trinajstić information content (AvgIpc) is 2.68. The Morgan fingerprint density at radius 1 is 1.50 bits per heavy atom. The van der Waals surface area contributed by atoms with Crippen molar-refractivity contribution < 1.29 is 8.91 Å². The molecule has 2 aromatic rings. The molecule has 16 heavy (non-hydrogen) atoms. The van der Waals surface area contributed by atoms with Crippen LogP contribution < -0.4 is 5.73 Å². The van der Waals surface area contributed by atoms with E-state index in [-0.39, 0.29) is 5.02 Å². The van der Waals surface area contributed by atoms with Crippen molar-refractivity contribution in [2.45, 2.75) is 13.0 Å². The highest BCUT2D eigenvalue weighted by atomic mass is 35.5. The SMILES string of the molecule is Cc1nc([C@@H](N)c2ccc(Cl)c(F)c2)no1. The summed E-state index contributed by atoms with van der Waals surface area (Å²) in [5.41, 5.74) is 6.40. The van der Waals surface area contributed by atoms with Crippen LogP contribution in [0.5, 0.6) is 0 Å². The third kappa shape index (κ3) is 2.05. The Morgan fingerprint density at radius 2 is 2.25 bits per heavy atom. The first-order valence-electron chi connectivity index (χ1n) is 4.58. The van der Waals surface area contributed by atoms with Crippen LogP contribution in [0.2, 0.25) is 5.02 Å². The van der Waals surface area contributed by atoms with Gasteiger partial charge < -0.3 is 10.3 Å². The Morgan fingerprint density at radius 3 is 2.81 bits per heavy atom. The lowest BCUT2D eigenvalue weighted by Gasteiger charge is -2.07. The Labute approximate surface area is 96.2 Å². The first-order chi connectivity index (χ1) is 7.58. The molecule has 2 N–H and O–H groups in total. The van der Waals surface area contributed by atoms with Crippen molar-refractivity contribution in [3.8, 4) is 0 Å². The number of nitrogens with zero attached hydrogens (tertiary/aromatic N) is 2. The number of hydrogen-bond acceptors (Lipinski definition) is 4. The van der Waals surface area contributed by atoms with E-state index in [1.54, 1.807) is 13.0 Å². The molecule has 0 spiro atoms. The molecule has 4 nitrogen and oxygen atoms in total. The first kappa shape index (κ1) is 11.0. The minimum absolute atomic E-state index is 0.0558. The second-order valence-corrected chi connectivity index (χ2v) is 3.73. The lowest BCUT2D eigenvalue weighted by atomic mass is 10.1. The van der Waals surface area contributed by atoms with Crippen molar-refractivity contribution in [2.75, 3.05) is 0 Å². The molecular formula is C10H9ClFN3O. The minimum atomic E-state index is -0.621. The molecule has 1 aromatic heterocycles. The van der Waals surface area contributed by atoms with Crippen molar-refractivity contribution >= 4 is 11.6 Å². The lowest BCUT2D eigenvalue weighted by Crippen LogP contribution is -2.13. The van der Waals surface area contributed by atoms with Crippen LogP contribution in [0.4, 0.5) is 4.39 Å². The van der Waals surface area contributed by atoms with Crippen LogP contribution in [-0.4, -0.2) is 10.1 Å². The van der Waals surface area contributed by atoms with Crippen molar-refractivity contribution in [3.63, 3.8) is 0 Å². The molecule has 1 aromatic carbocycles. The Bertz CT molecular complexity index is 515. The molecule has 0 fully saturated rings. The van der Waals surface area contributed by atoms with E-state index in [9.17, 15) is 4.39 Å². The summed E-state index contributed by atoms with van der Waals surface area (Å²) in [5.74, 6) is 0.217. The fraction of sp³-hybridized carbons (Fsp3) is 0.200. The topological polar surface area (TPSA) is 64.9 Å². The summed E-state index contributed by atoms with van der Waals surface area (Å²) < 4.78 is 18.0. The van der Waals surface area contributed by atoms with E-state index in [1.165, 1.54) is 12.1 Å². The lowest BCUT2D eigenvalue weighted by molar-refractivity contribution is 0.385. The second kappa shape index (κ2) is 4.19. The molecule has 0 bridgehead atoms. The van der Waals surface area contributed by atoms with Crippen LogP contribution in [0.25, 0.3) is 0 Å². The molecular weight excluding hydrogens is 233 g/mol. The molecule has 0 aliphatic heterocycles. The van der Waals surface area contributed by atoms with Gasteiger partial charge in [-0.2, -0.15) is 4.98 Å². The summed E-state index contributed by atoms with van der Waals surface area (Å²) >= 11 is 5.57. The van der Waals surface area contributed by atoms with Crippen LogP contribution in [0.1, 0.15) is 23.3 Å². The average molecular weight is 242 g/mol. The van der Waals surface area contributed by atoms with Gasteiger partial charge >= 0.3 is 0 Å². The van der Waals surface area contributed by atoms with Crippen molar-refractivity contribution in [1.29, 1.82) is 0 Å². The number of hydrogen-bond donors (Lipinski definition) is 1. The van der Waals surface area contributed by atoms with E-state index in [0.717, 1.165) is 0 Å². The van der Waals surface area contributed by atoms with Gasteiger partial charge in [-0.05, 0) is 17.7 Å². The Hall–Kier alpha value is -1.46. The van der Waals surface area contributed by atoms with Gasteiger partial charge in [-0.1, -0.05) is 22.8 Å². The van der Waals surface area contributed by atoms with Crippen LogP contribution in [0, 0.1) is 12.7 Å². The molecule has 84 valence electrons. The van der Waals surface area contributed by atoms with Gasteiger partial charge in [0.25, 0.3) is 0 Å². The predicted molar refractivity (Wildman–Crippen MR) is 56.5 cm³/mol. The van der Waals surface area contributed by atoms with E-state index in [1.807, 2.05) is 0 Å². The quantitative estimate of drug-likeness (QED) is 0.876. The maximum absolute atomic E-state index is 13.2. The van der Waals surface area contributed by atoms with E-state index >= 15 is 0 Å². The summed E-state index contributed by atoms with van der Waals surface area (Å²) in [6.07, 6.45) is 0. The van der Waals surface area contributed by atoms with Crippen molar-refractivity contribution in [2.24, 2.45) is 5.73 Å². The summed E-state index contributed by atoms with van der Waals surface area (Å²) in [5, 5.41) is 3.73. The standard InChI is InChI=1S/C10H9ClFN3O/c1-5-14-10(15-16-5)9(13)6-2-3-7(11)8(12)4-6/h2-4,9H,13H2,1H3/t9-/m0/s1. The fourth-order valence-electron chi connectivity index (χ4n) is 1.30. The van der Waals surface area contributed by atoms with E-state index in [4.69, 9.17) is 21.9 Å². The van der Waals surface area contributed by atoms with Gasteiger partial charge in [0.05, 0.1) is 11.1 Å². The maximum Gasteiger partial charge on any atom is 0.223 e. The molecule has 6 heteroatoms. The number of rotatable bonds is 2. The highest BCUT2D eigenvalue weighted by Crippen LogP contribution is 2.22. The molecule has 0 saturated heterocycles. The molecule has 2 rings (SSSR count). The number of benzene rings is 1. The zero-order valence-corrected chi connectivity index (χ0v) is 9.20. The van der Waals surface area contributed by atoms with Gasteiger partial charge in [0, 0.05) is 6.92 Å². The molecule has 0 aliphatic rings. The Kier molecular flexibility index (Phi) is 2.89. The first-order valence-corrected chi connectivity index (χ1v) is 4.96. The highest BCUT2D eigenvalue weighted by Gasteiger charge is 2.16. The number of aryl methyl sites for hydroxylation is 1. The summed E-state index contributed by atoms with van der Waals surface area (Å²) in [6, 6.07) is 3.71. The van der Waals surface area contributed by atoms with E-state index in [2.05, 4.69) is 10.1 Å². The third-order valence-corrected chi connectivity index (χ3v) is 2.43. The second-order valence-electron chi connectivity index (χ2n) is 3.32. The van der Waals surface area contributed by atoms with Crippen LogP contribution in [-0.2, 0) is 0 Å². The van der Waals surface area contributed by atoms with Gasteiger partial charge in [-0.3, -0.25) is 0 Å². The number of nitrogens with two attached hydrogens (primary N) is 1. The van der Waals surface area contributed by atoms with Crippen molar-refractivity contribution in [1.82, 2.24) is 10.1 Å². The smallest absolute Gasteiger partial charge is 0.223 e. The maximum atomic E-state index is 13.2. The van der Waals surface area contributed by atoms with Crippen LogP contribution in [0.3, 0.4) is 0 Å². The minimum Gasteiger partial charge on any atom is -0.340 e. The van der Waals surface area contributed by atoms with E-state index in [0.29, 0.717) is 17.3 Å². The molecule has 0 saturated carbocycles. The molecule has 0 radical (unpaired) electrons. The van der Waals surface area contributed by atoms with Gasteiger partial charge in [0.2, 0.25) is 5.89 Å². The number of aromatic nitrogens is 2. The summed E-state index contributed by atoms with van der Waals surface area (Å²) in [7, 11) is 0. The summed E-state index contributed by atoms with van der Waals surface area (Å²) in [6.45, 7) is 1.66. The van der Waals surface area contributed by atoms with Gasteiger partial charge in [-0.15, -0.1) is 0 Å². The van der Waals surface area contributed by atoms with Gasteiger partial charge in [0.15, 0.2) is 5.82 Å². The zero-order valence-electron chi connectivity index (χ0n) is 8.45. The summed E-state index contributed by atoms with van der Waals surface area (Å²) in [4.78, 5) is 3.98. The third-order valence-electron chi connectivity index (χ3n) is 2.12. The van der Waals surface area contributed by atoms with Crippen LogP contribution >= 0.6 is 11.6 Å². The largest absolute Gasteiger partial charge is 0.340 e. The zero-order chi connectivity index (χ0) is 11.7. The predicted octanol–water partition coefficient (Wildman–Crippen LogP) is 2.22. The van der Waals surface area contributed by atoms with Gasteiger partial charge in [0.1, 0.15) is 5.82 Å². The molecule has 1 heterocycles. The molecule has 0 aliphatic carbocycles. The fourth-order valence-corrected chi connectivity index (χ4v) is 1.41. The molecule has 1 atom stereocenters. The van der Waals surface area contributed by atoms with Gasteiger partial charge in [-0.25, -0.2) is 4.39 Å². The normalized spacial score (nSPS) is 12.8. The molecule has 0 amide bonds. The molecule has 0 unspecified atom stereocenters. The van der Waals surface area contributed by atoms with E-state index < -0.39 is 11.9 Å². The van der Waals surface area contributed by atoms with Crippen LogP contribution in [0.15, 0.2) is 22.7 Å². The Balaban J connectivity index is 2.33. The highest BCUT2D eigenvalue weighted by molar-refractivity contribution is 6.30. The van der Waals surface area contributed by atoms with Crippen molar-refractivity contribution in [3.05, 3.63) is 46.3 Å². The number of halogens is 2. The monoisotopic (exact) mass is 241 g/mol.